The average molecular weight is 336 g/mol. The molecule has 0 bridgehead atoms. The van der Waals surface area contributed by atoms with Gasteiger partial charge < -0.3 is 15.5 Å². The first-order chi connectivity index (χ1) is 11.3. The molecule has 3 fully saturated rings. The standard InChI is InChI=1S/C20H37N3O/c1-19(2)13-16(14-20(3,4)22-19)21-18(24)23-12-8-11-17(23)15-9-6-5-7-10-15/h15-17,22H,5-14H2,1-4H3,(H,21,24). The van der Waals surface area contributed by atoms with Crippen LogP contribution in [0, 0.1) is 5.92 Å². The maximum Gasteiger partial charge on any atom is 0.317 e. The summed E-state index contributed by atoms with van der Waals surface area (Å²) in [6.45, 7) is 9.92. The fourth-order valence-electron chi connectivity index (χ4n) is 5.74. The predicted molar refractivity (Wildman–Crippen MR) is 99.2 cm³/mol. The molecule has 0 spiro atoms. The lowest BCUT2D eigenvalue weighted by molar-refractivity contribution is 0.127. The predicted octanol–water partition coefficient (Wildman–Crippen LogP) is 4.05. The summed E-state index contributed by atoms with van der Waals surface area (Å²) in [5.41, 5.74) is 0.154. The maximum absolute atomic E-state index is 13.0. The van der Waals surface area contributed by atoms with Crippen LogP contribution in [0.25, 0.3) is 0 Å². The van der Waals surface area contributed by atoms with E-state index in [1.807, 2.05) is 0 Å². The zero-order valence-electron chi connectivity index (χ0n) is 16.2. The zero-order chi connectivity index (χ0) is 17.4. The van der Waals surface area contributed by atoms with Crippen molar-refractivity contribution >= 4 is 6.03 Å². The molecule has 1 aliphatic carbocycles. The Morgan fingerprint density at radius 1 is 0.958 bits per heavy atom. The van der Waals surface area contributed by atoms with Crippen molar-refractivity contribution in [3.05, 3.63) is 0 Å². The van der Waals surface area contributed by atoms with Gasteiger partial charge in [-0.05, 0) is 72.1 Å². The van der Waals surface area contributed by atoms with Crippen LogP contribution in [-0.4, -0.2) is 40.6 Å². The van der Waals surface area contributed by atoms with Gasteiger partial charge in [0.05, 0.1) is 0 Å². The first-order valence-electron chi connectivity index (χ1n) is 10.1. The van der Waals surface area contributed by atoms with E-state index in [2.05, 4.69) is 43.2 Å². The van der Waals surface area contributed by atoms with E-state index in [0.29, 0.717) is 6.04 Å². The lowest BCUT2D eigenvalue weighted by Crippen LogP contribution is -2.63. The van der Waals surface area contributed by atoms with E-state index < -0.39 is 0 Å². The summed E-state index contributed by atoms with van der Waals surface area (Å²) < 4.78 is 0. The highest BCUT2D eigenvalue weighted by atomic mass is 16.2. The monoisotopic (exact) mass is 335 g/mol. The van der Waals surface area contributed by atoms with Crippen LogP contribution in [0.3, 0.4) is 0 Å². The highest BCUT2D eigenvalue weighted by molar-refractivity contribution is 5.75. The minimum Gasteiger partial charge on any atom is -0.335 e. The molecule has 0 radical (unpaired) electrons. The Bertz CT molecular complexity index is 438. The number of carbonyl (C=O) groups excluding carboxylic acids is 1. The Balaban J connectivity index is 1.61. The summed E-state index contributed by atoms with van der Waals surface area (Å²) in [5.74, 6) is 0.743. The van der Waals surface area contributed by atoms with Crippen LogP contribution in [0.15, 0.2) is 0 Å². The molecular formula is C20H37N3O. The largest absolute Gasteiger partial charge is 0.335 e. The molecule has 138 valence electrons. The lowest BCUT2D eigenvalue weighted by atomic mass is 9.79. The molecule has 2 saturated heterocycles. The lowest BCUT2D eigenvalue weighted by Gasteiger charge is -2.47. The van der Waals surface area contributed by atoms with Crippen molar-refractivity contribution in [2.75, 3.05) is 6.54 Å². The summed E-state index contributed by atoms with van der Waals surface area (Å²) in [7, 11) is 0. The smallest absolute Gasteiger partial charge is 0.317 e. The van der Waals surface area contributed by atoms with Crippen molar-refractivity contribution in [2.45, 2.75) is 109 Å². The van der Waals surface area contributed by atoms with Crippen molar-refractivity contribution < 1.29 is 4.79 Å². The molecule has 4 nitrogen and oxygen atoms in total. The van der Waals surface area contributed by atoms with E-state index in [1.165, 1.54) is 44.9 Å². The molecule has 0 aromatic carbocycles. The second kappa shape index (κ2) is 6.86. The Kier molecular flexibility index (Phi) is 5.15. The minimum atomic E-state index is 0.0769. The van der Waals surface area contributed by atoms with Crippen molar-refractivity contribution in [1.82, 2.24) is 15.5 Å². The third-order valence-electron chi connectivity index (χ3n) is 6.27. The fraction of sp³-hybridized carbons (Fsp3) is 0.950. The van der Waals surface area contributed by atoms with Crippen molar-refractivity contribution in [3.63, 3.8) is 0 Å². The molecule has 1 atom stereocenters. The SMILES string of the molecule is CC1(C)CC(NC(=O)N2CCCC2C2CCCCC2)CC(C)(C)N1. The van der Waals surface area contributed by atoms with E-state index in [0.717, 1.165) is 25.3 Å². The molecule has 2 aliphatic heterocycles. The van der Waals surface area contributed by atoms with Gasteiger partial charge in [-0.1, -0.05) is 19.3 Å². The number of piperidine rings is 1. The Morgan fingerprint density at radius 2 is 1.58 bits per heavy atom. The quantitative estimate of drug-likeness (QED) is 0.799. The fourth-order valence-corrected chi connectivity index (χ4v) is 5.74. The summed E-state index contributed by atoms with van der Waals surface area (Å²) in [4.78, 5) is 15.2. The zero-order valence-corrected chi connectivity index (χ0v) is 16.2. The Labute approximate surface area is 148 Å². The van der Waals surface area contributed by atoms with Gasteiger partial charge in [-0.2, -0.15) is 0 Å². The van der Waals surface area contributed by atoms with Crippen molar-refractivity contribution in [1.29, 1.82) is 0 Å². The minimum absolute atomic E-state index is 0.0769. The van der Waals surface area contributed by atoms with Crippen molar-refractivity contribution in [2.24, 2.45) is 5.92 Å². The number of nitrogens with zero attached hydrogens (tertiary/aromatic N) is 1. The third-order valence-corrected chi connectivity index (χ3v) is 6.27. The van der Waals surface area contributed by atoms with Crippen LogP contribution in [0.5, 0.6) is 0 Å². The van der Waals surface area contributed by atoms with E-state index in [1.54, 1.807) is 0 Å². The summed E-state index contributed by atoms with van der Waals surface area (Å²) in [5, 5.41) is 7.09. The molecule has 3 rings (SSSR count). The topological polar surface area (TPSA) is 44.4 Å². The number of carbonyl (C=O) groups is 1. The highest BCUT2D eigenvalue weighted by Gasteiger charge is 2.40. The van der Waals surface area contributed by atoms with Crippen LogP contribution in [0.2, 0.25) is 0 Å². The van der Waals surface area contributed by atoms with Gasteiger partial charge in [0.15, 0.2) is 0 Å². The van der Waals surface area contributed by atoms with Crippen molar-refractivity contribution in [3.8, 4) is 0 Å². The second-order valence-electron chi connectivity index (χ2n) is 9.75. The third kappa shape index (κ3) is 4.25. The number of rotatable bonds is 2. The molecular weight excluding hydrogens is 298 g/mol. The average Bonchev–Trinajstić information content (AvgIpc) is 2.94. The molecule has 0 aromatic rings. The van der Waals surface area contributed by atoms with E-state index >= 15 is 0 Å². The molecule has 1 unspecified atom stereocenters. The van der Waals surface area contributed by atoms with Gasteiger partial charge in [0, 0.05) is 29.7 Å². The normalized spacial score (nSPS) is 31.2. The number of nitrogens with one attached hydrogen (secondary N) is 2. The molecule has 4 heteroatoms. The molecule has 2 heterocycles. The summed E-state index contributed by atoms with van der Waals surface area (Å²) in [6.07, 6.45) is 11.1. The molecule has 24 heavy (non-hydrogen) atoms. The first-order valence-corrected chi connectivity index (χ1v) is 10.1. The van der Waals surface area contributed by atoms with Gasteiger partial charge in [-0.25, -0.2) is 4.79 Å². The number of likely N-dealkylation sites (tertiary alicyclic amines) is 1. The summed E-state index contributed by atoms with van der Waals surface area (Å²) >= 11 is 0. The van der Waals surface area contributed by atoms with Crippen LogP contribution in [-0.2, 0) is 0 Å². The van der Waals surface area contributed by atoms with Gasteiger partial charge in [-0.3, -0.25) is 0 Å². The van der Waals surface area contributed by atoms with E-state index in [9.17, 15) is 4.79 Å². The Morgan fingerprint density at radius 3 is 2.21 bits per heavy atom. The van der Waals surface area contributed by atoms with Gasteiger partial charge in [0.25, 0.3) is 0 Å². The van der Waals surface area contributed by atoms with Crippen LogP contribution in [0.1, 0.15) is 85.5 Å². The highest BCUT2D eigenvalue weighted by Crippen LogP contribution is 2.35. The van der Waals surface area contributed by atoms with E-state index in [-0.39, 0.29) is 23.2 Å². The van der Waals surface area contributed by atoms with Gasteiger partial charge >= 0.3 is 6.03 Å². The molecule has 0 aromatic heterocycles. The van der Waals surface area contributed by atoms with Gasteiger partial charge in [0.1, 0.15) is 0 Å². The van der Waals surface area contributed by atoms with Crippen LogP contribution < -0.4 is 10.6 Å². The van der Waals surface area contributed by atoms with E-state index in [4.69, 9.17) is 0 Å². The molecule has 2 amide bonds. The Hall–Kier alpha value is -0.770. The van der Waals surface area contributed by atoms with Gasteiger partial charge in [0.2, 0.25) is 0 Å². The molecule has 3 aliphatic rings. The molecule has 2 N–H and O–H groups in total. The second-order valence-corrected chi connectivity index (χ2v) is 9.75. The van der Waals surface area contributed by atoms with Crippen LogP contribution >= 0.6 is 0 Å². The number of hydrogen-bond acceptors (Lipinski definition) is 2. The number of urea groups is 1. The summed E-state index contributed by atoms with van der Waals surface area (Å²) in [6, 6.07) is 0.964. The maximum atomic E-state index is 13.0. The number of hydrogen-bond donors (Lipinski definition) is 2. The molecule has 1 saturated carbocycles. The first kappa shape index (κ1) is 18.0. The van der Waals surface area contributed by atoms with Crippen LogP contribution in [0.4, 0.5) is 4.79 Å². The number of amides is 2. The van der Waals surface area contributed by atoms with Gasteiger partial charge in [-0.15, -0.1) is 0 Å².